The fourth-order valence-electron chi connectivity index (χ4n) is 2.75. The van der Waals surface area contributed by atoms with E-state index in [-0.39, 0.29) is 19.0 Å². The molecular formula is C22H24F2O4. The Morgan fingerprint density at radius 1 is 1.07 bits per heavy atom. The van der Waals surface area contributed by atoms with Crippen molar-refractivity contribution in [2.24, 2.45) is 5.92 Å². The van der Waals surface area contributed by atoms with Crippen LogP contribution in [-0.4, -0.2) is 25.8 Å². The Bertz CT molecular complexity index is 795. The Kier molecular flexibility index (Phi) is 6.85. The van der Waals surface area contributed by atoms with Crippen molar-refractivity contribution in [2.75, 3.05) is 19.8 Å². The second kappa shape index (κ2) is 9.53. The molecule has 0 bridgehead atoms. The number of carbonyl (C=O) groups excluding carboxylic acids is 1. The number of halogens is 2. The molecule has 1 aliphatic carbocycles. The summed E-state index contributed by atoms with van der Waals surface area (Å²) in [7, 11) is 0. The molecule has 6 heteroatoms. The van der Waals surface area contributed by atoms with Crippen LogP contribution in [0.5, 0.6) is 11.5 Å². The molecule has 0 saturated heterocycles. The molecule has 0 radical (unpaired) electrons. The maximum absolute atomic E-state index is 14.4. The lowest BCUT2D eigenvalue weighted by Gasteiger charge is -2.11. The first-order chi connectivity index (χ1) is 13.6. The summed E-state index contributed by atoms with van der Waals surface area (Å²) in [6.07, 6.45) is 2.84. The maximum Gasteiger partial charge on any atom is 0.305 e. The lowest BCUT2D eigenvalue weighted by molar-refractivity contribution is -0.143. The highest BCUT2D eigenvalue weighted by molar-refractivity contribution is 5.69. The van der Waals surface area contributed by atoms with E-state index in [0.29, 0.717) is 42.4 Å². The predicted octanol–water partition coefficient (Wildman–Crippen LogP) is 5.14. The van der Waals surface area contributed by atoms with Gasteiger partial charge in [-0.2, -0.15) is 0 Å². The van der Waals surface area contributed by atoms with Crippen LogP contribution in [0.25, 0.3) is 11.1 Å². The number of esters is 1. The van der Waals surface area contributed by atoms with E-state index >= 15 is 0 Å². The zero-order valence-corrected chi connectivity index (χ0v) is 15.9. The van der Waals surface area contributed by atoms with Crippen molar-refractivity contribution in [2.45, 2.75) is 32.6 Å². The highest BCUT2D eigenvalue weighted by atomic mass is 19.1. The topological polar surface area (TPSA) is 44.8 Å². The summed E-state index contributed by atoms with van der Waals surface area (Å²) in [5, 5.41) is 0. The molecule has 1 fully saturated rings. The Hall–Kier alpha value is -2.63. The van der Waals surface area contributed by atoms with E-state index in [1.54, 1.807) is 25.1 Å². The second-order valence-electron chi connectivity index (χ2n) is 6.81. The molecule has 0 atom stereocenters. The SMILES string of the molecule is CCOC(=O)CCCOc1c(F)cc(-c2cccc(OCC3CC3)c2)cc1F. The average molecular weight is 390 g/mol. The molecule has 0 N–H and O–H groups in total. The number of benzene rings is 2. The molecule has 1 saturated carbocycles. The fraction of sp³-hybridized carbons (Fsp3) is 0.409. The van der Waals surface area contributed by atoms with Crippen LogP contribution in [0.1, 0.15) is 32.6 Å². The quantitative estimate of drug-likeness (QED) is 0.416. The van der Waals surface area contributed by atoms with E-state index in [2.05, 4.69) is 0 Å². The molecule has 150 valence electrons. The first kappa shape index (κ1) is 20.1. The summed E-state index contributed by atoms with van der Waals surface area (Å²) in [6.45, 7) is 2.72. The van der Waals surface area contributed by atoms with Gasteiger partial charge in [-0.15, -0.1) is 0 Å². The van der Waals surface area contributed by atoms with Crippen molar-refractivity contribution in [3.63, 3.8) is 0 Å². The van der Waals surface area contributed by atoms with Gasteiger partial charge in [-0.1, -0.05) is 12.1 Å². The van der Waals surface area contributed by atoms with Crippen molar-refractivity contribution < 1.29 is 27.8 Å². The monoisotopic (exact) mass is 390 g/mol. The number of hydrogen-bond donors (Lipinski definition) is 0. The molecule has 2 aromatic carbocycles. The van der Waals surface area contributed by atoms with Gasteiger partial charge in [-0.3, -0.25) is 4.79 Å². The van der Waals surface area contributed by atoms with Gasteiger partial charge in [0.05, 0.1) is 19.8 Å². The lowest BCUT2D eigenvalue weighted by atomic mass is 10.0. The fourth-order valence-corrected chi connectivity index (χ4v) is 2.75. The van der Waals surface area contributed by atoms with Gasteiger partial charge in [0.15, 0.2) is 17.4 Å². The van der Waals surface area contributed by atoms with Crippen LogP contribution in [0.15, 0.2) is 36.4 Å². The van der Waals surface area contributed by atoms with Crippen molar-refractivity contribution in [3.05, 3.63) is 48.0 Å². The van der Waals surface area contributed by atoms with Gasteiger partial charge in [0.25, 0.3) is 0 Å². The van der Waals surface area contributed by atoms with Gasteiger partial charge in [0.1, 0.15) is 5.75 Å². The molecule has 28 heavy (non-hydrogen) atoms. The highest BCUT2D eigenvalue weighted by Crippen LogP contribution is 2.32. The van der Waals surface area contributed by atoms with E-state index in [0.717, 1.165) is 0 Å². The van der Waals surface area contributed by atoms with Crippen LogP contribution in [0.3, 0.4) is 0 Å². The minimum Gasteiger partial charge on any atom is -0.493 e. The van der Waals surface area contributed by atoms with Crippen molar-refractivity contribution >= 4 is 5.97 Å². The molecule has 0 aromatic heterocycles. The van der Waals surface area contributed by atoms with Crippen molar-refractivity contribution in [1.29, 1.82) is 0 Å². The number of carbonyl (C=O) groups is 1. The summed E-state index contributed by atoms with van der Waals surface area (Å²) in [4.78, 5) is 11.3. The van der Waals surface area contributed by atoms with E-state index in [9.17, 15) is 13.6 Å². The molecule has 0 aliphatic heterocycles. The number of ether oxygens (including phenoxy) is 3. The lowest BCUT2D eigenvalue weighted by Crippen LogP contribution is -2.08. The summed E-state index contributed by atoms with van der Waals surface area (Å²) < 4.78 is 44.5. The molecule has 2 aromatic rings. The first-order valence-electron chi connectivity index (χ1n) is 9.57. The molecule has 0 spiro atoms. The van der Waals surface area contributed by atoms with Gasteiger partial charge in [0, 0.05) is 6.42 Å². The van der Waals surface area contributed by atoms with E-state index < -0.39 is 17.4 Å². The molecule has 4 nitrogen and oxygen atoms in total. The Morgan fingerprint density at radius 3 is 2.50 bits per heavy atom. The van der Waals surface area contributed by atoms with Crippen LogP contribution in [-0.2, 0) is 9.53 Å². The maximum atomic E-state index is 14.4. The van der Waals surface area contributed by atoms with Crippen LogP contribution in [0.4, 0.5) is 8.78 Å². The van der Waals surface area contributed by atoms with Gasteiger partial charge in [-0.25, -0.2) is 8.78 Å². The third-order valence-corrected chi connectivity index (χ3v) is 4.43. The summed E-state index contributed by atoms with van der Waals surface area (Å²) >= 11 is 0. The summed E-state index contributed by atoms with van der Waals surface area (Å²) in [5.41, 5.74) is 1.07. The third-order valence-electron chi connectivity index (χ3n) is 4.43. The van der Waals surface area contributed by atoms with Crippen molar-refractivity contribution in [3.8, 4) is 22.6 Å². The van der Waals surface area contributed by atoms with E-state index in [4.69, 9.17) is 14.2 Å². The first-order valence-corrected chi connectivity index (χ1v) is 9.57. The molecule has 3 rings (SSSR count). The smallest absolute Gasteiger partial charge is 0.305 e. The molecular weight excluding hydrogens is 366 g/mol. The highest BCUT2D eigenvalue weighted by Gasteiger charge is 2.22. The van der Waals surface area contributed by atoms with Gasteiger partial charge >= 0.3 is 5.97 Å². The molecule has 0 unspecified atom stereocenters. The largest absolute Gasteiger partial charge is 0.493 e. The van der Waals surface area contributed by atoms with Crippen molar-refractivity contribution in [1.82, 2.24) is 0 Å². The normalized spacial score (nSPS) is 13.2. The van der Waals surface area contributed by atoms with Crippen LogP contribution in [0.2, 0.25) is 0 Å². The average Bonchev–Trinajstić information content (AvgIpc) is 3.50. The Balaban J connectivity index is 1.62. The minimum atomic E-state index is -0.782. The number of rotatable bonds is 10. The van der Waals surface area contributed by atoms with Crippen LogP contribution < -0.4 is 9.47 Å². The second-order valence-corrected chi connectivity index (χ2v) is 6.81. The zero-order valence-electron chi connectivity index (χ0n) is 15.9. The Labute approximate surface area is 163 Å². The van der Waals surface area contributed by atoms with Gasteiger partial charge in [0.2, 0.25) is 0 Å². The van der Waals surface area contributed by atoms with Gasteiger partial charge in [-0.05, 0) is 67.5 Å². The molecule has 0 heterocycles. The number of hydrogen-bond acceptors (Lipinski definition) is 4. The predicted molar refractivity (Wildman–Crippen MR) is 101 cm³/mol. The summed E-state index contributed by atoms with van der Waals surface area (Å²) in [5.74, 6) is -1.05. The van der Waals surface area contributed by atoms with E-state index in [1.165, 1.54) is 25.0 Å². The van der Waals surface area contributed by atoms with E-state index in [1.807, 2.05) is 6.07 Å². The van der Waals surface area contributed by atoms with Gasteiger partial charge < -0.3 is 14.2 Å². The minimum absolute atomic E-state index is 0.0243. The summed E-state index contributed by atoms with van der Waals surface area (Å²) in [6, 6.07) is 9.66. The molecule has 1 aliphatic rings. The van der Waals surface area contributed by atoms with Crippen LogP contribution in [0, 0.1) is 17.6 Å². The van der Waals surface area contributed by atoms with Crippen LogP contribution >= 0.6 is 0 Å². The third kappa shape index (κ3) is 5.68. The molecule has 0 amide bonds. The zero-order chi connectivity index (χ0) is 19.9. The Morgan fingerprint density at radius 2 is 1.82 bits per heavy atom. The standard InChI is InChI=1S/C22H24F2O4/c1-2-26-21(25)7-4-10-27-22-19(23)12-17(13-20(22)24)16-5-3-6-18(11-16)28-14-15-8-9-15/h3,5-6,11-13,15H,2,4,7-10,14H2,1H3.